The molecule has 0 atom stereocenters. The second-order valence-corrected chi connectivity index (χ2v) is 5.63. The van der Waals surface area contributed by atoms with Crippen LogP contribution in [0.5, 0.6) is 0 Å². The molecule has 2 aromatic rings. The van der Waals surface area contributed by atoms with Gasteiger partial charge in [-0.1, -0.05) is 17.3 Å². The fraction of sp³-hybridized carbons (Fsp3) is 0.353. The third kappa shape index (κ3) is 4.97. The van der Waals surface area contributed by atoms with E-state index in [1.54, 1.807) is 24.1 Å². The van der Waals surface area contributed by atoms with Gasteiger partial charge in [-0.15, -0.1) is 0 Å². The van der Waals surface area contributed by atoms with Crippen LogP contribution < -0.4 is 10.6 Å². The highest BCUT2D eigenvalue weighted by atomic mass is 16.5. The van der Waals surface area contributed by atoms with Gasteiger partial charge in [0.1, 0.15) is 5.76 Å². The Balaban J connectivity index is 1.85. The number of nitrogens with one attached hydrogen (secondary N) is 2. The van der Waals surface area contributed by atoms with Crippen molar-refractivity contribution in [3.63, 3.8) is 0 Å². The number of methoxy groups -OCH3 is 1. The number of carbonyl (C=O) groups is 2. The van der Waals surface area contributed by atoms with E-state index in [0.29, 0.717) is 24.5 Å². The number of nitrogens with zero attached hydrogens (tertiary/aromatic N) is 2. The van der Waals surface area contributed by atoms with Crippen LogP contribution in [0.4, 0.5) is 15.3 Å². The maximum Gasteiger partial charge on any atom is 0.411 e. The largest absolute Gasteiger partial charge is 0.453 e. The first-order chi connectivity index (χ1) is 11.9. The summed E-state index contributed by atoms with van der Waals surface area (Å²) in [4.78, 5) is 24.9. The number of carbonyl (C=O) groups excluding carboxylic acids is 2. The van der Waals surface area contributed by atoms with E-state index in [0.717, 1.165) is 16.8 Å². The minimum Gasteiger partial charge on any atom is -0.453 e. The molecule has 0 spiro atoms. The summed E-state index contributed by atoms with van der Waals surface area (Å²) < 4.78 is 9.63. The fourth-order valence-electron chi connectivity index (χ4n) is 2.22. The van der Waals surface area contributed by atoms with Crippen LogP contribution in [-0.4, -0.2) is 36.3 Å². The number of rotatable bonds is 5. The van der Waals surface area contributed by atoms with Crippen LogP contribution in [0, 0.1) is 13.8 Å². The molecule has 0 unspecified atom stereocenters. The predicted octanol–water partition coefficient (Wildman–Crippen LogP) is 2.81. The van der Waals surface area contributed by atoms with Crippen LogP contribution in [-0.2, 0) is 17.8 Å². The molecule has 1 aromatic carbocycles. The van der Waals surface area contributed by atoms with Crippen molar-refractivity contribution < 1.29 is 18.8 Å². The number of aryl methyl sites for hydroxylation is 2. The van der Waals surface area contributed by atoms with E-state index in [2.05, 4.69) is 20.5 Å². The smallest absolute Gasteiger partial charge is 0.411 e. The van der Waals surface area contributed by atoms with Gasteiger partial charge in [0.15, 0.2) is 0 Å². The highest BCUT2D eigenvalue weighted by molar-refractivity contribution is 5.84. The minimum atomic E-state index is -0.526. The van der Waals surface area contributed by atoms with E-state index >= 15 is 0 Å². The molecule has 134 valence electrons. The van der Waals surface area contributed by atoms with Gasteiger partial charge in [0.25, 0.3) is 0 Å². The molecule has 0 radical (unpaired) electrons. The summed E-state index contributed by atoms with van der Waals surface area (Å²) in [6, 6.07) is 6.93. The zero-order chi connectivity index (χ0) is 18.4. The van der Waals surface area contributed by atoms with Crippen molar-refractivity contribution in [2.24, 2.45) is 0 Å². The first kappa shape index (κ1) is 18.3. The fourth-order valence-corrected chi connectivity index (χ4v) is 2.22. The van der Waals surface area contributed by atoms with Crippen molar-refractivity contribution in [2.45, 2.75) is 26.9 Å². The van der Waals surface area contributed by atoms with E-state index in [1.807, 2.05) is 26.0 Å². The van der Waals surface area contributed by atoms with Crippen LogP contribution >= 0.6 is 0 Å². The van der Waals surface area contributed by atoms with Gasteiger partial charge in [0.2, 0.25) is 0 Å². The number of urea groups is 1. The van der Waals surface area contributed by atoms with Gasteiger partial charge < -0.3 is 19.5 Å². The molecular formula is C17H22N4O4. The molecule has 0 bridgehead atoms. The number of amides is 3. The van der Waals surface area contributed by atoms with Crippen molar-refractivity contribution in [3.05, 3.63) is 46.8 Å². The van der Waals surface area contributed by atoms with Crippen molar-refractivity contribution >= 4 is 17.8 Å². The summed E-state index contributed by atoms with van der Waals surface area (Å²) in [5.74, 6) is 0.714. The lowest BCUT2D eigenvalue weighted by atomic mass is 10.2. The summed E-state index contributed by atoms with van der Waals surface area (Å²) in [6.07, 6.45) is -0.526. The number of aromatic nitrogens is 1. The molecule has 2 rings (SSSR count). The van der Waals surface area contributed by atoms with E-state index in [1.165, 1.54) is 7.11 Å². The standard InChI is InChI=1S/C17H22N4O4/c1-11-15(12(2)25-20-11)10-21(3)16(22)18-9-13-5-7-14(8-6-13)19-17(23)24-4/h5-8H,9-10H2,1-4H3,(H,18,22)(H,19,23). The van der Waals surface area contributed by atoms with Crippen LogP contribution in [0.1, 0.15) is 22.6 Å². The number of ether oxygens (including phenoxy) is 1. The van der Waals surface area contributed by atoms with E-state index in [9.17, 15) is 9.59 Å². The molecule has 2 N–H and O–H groups in total. The zero-order valence-electron chi connectivity index (χ0n) is 14.8. The third-order valence-corrected chi connectivity index (χ3v) is 3.75. The average Bonchev–Trinajstić information content (AvgIpc) is 2.92. The molecule has 3 amide bonds. The van der Waals surface area contributed by atoms with Gasteiger partial charge in [-0.3, -0.25) is 5.32 Å². The van der Waals surface area contributed by atoms with E-state index in [-0.39, 0.29) is 6.03 Å². The topological polar surface area (TPSA) is 96.7 Å². The lowest BCUT2D eigenvalue weighted by Crippen LogP contribution is -2.36. The molecule has 0 aliphatic heterocycles. The Kier molecular flexibility index (Phi) is 5.99. The highest BCUT2D eigenvalue weighted by Gasteiger charge is 2.15. The average molecular weight is 346 g/mol. The number of hydrogen-bond donors (Lipinski definition) is 2. The van der Waals surface area contributed by atoms with Crippen molar-refractivity contribution in [1.29, 1.82) is 0 Å². The molecule has 0 aliphatic rings. The van der Waals surface area contributed by atoms with Gasteiger partial charge in [-0.2, -0.15) is 0 Å². The summed E-state index contributed by atoms with van der Waals surface area (Å²) in [5.41, 5.74) is 3.23. The summed E-state index contributed by atoms with van der Waals surface area (Å²) >= 11 is 0. The molecule has 0 saturated carbocycles. The summed E-state index contributed by atoms with van der Waals surface area (Å²) in [5, 5.41) is 9.30. The quantitative estimate of drug-likeness (QED) is 0.868. The normalized spacial score (nSPS) is 10.2. The zero-order valence-corrected chi connectivity index (χ0v) is 14.8. The lowest BCUT2D eigenvalue weighted by molar-refractivity contribution is 0.187. The predicted molar refractivity (Wildman–Crippen MR) is 92.1 cm³/mol. The van der Waals surface area contributed by atoms with Gasteiger partial charge >= 0.3 is 12.1 Å². The van der Waals surface area contributed by atoms with Gasteiger partial charge in [-0.25, -0.2) is 9.59 Å². The molecule has 25 heavy (non-hydrogen) atoms. The van der Waals surface area contributed by atoms with Crippen LogP contribution in [0.25, 0.3) is 0 Å². The molecular weight excluding hydrogens is 324 g/mol. The first-order valence-electron chi connectivity index (χ1n) is 7.75. The summed E-state index contributed by atoms with van der Waals surface area (Å²) in [6.45, 7) is 4.48. The Bertz CT molecular complexity index is 720. The second-order valence-electron chi connectivity index (χ2n) is 5.63. The summed E-state index contributed by atoms with van der Waals surface area (Å²) in [7, 11) is 3.02. The Morgan fingerprint density at radius 2 is 1.92 bits per heavy atom. The number of hydrogen-bond acceptors (Lipinski definition) is 5. The molecule has 1 heterocycles. The van der Waals surface area contributed by atoms with Crippen molar-refractivity contribution in [2.75, 3.05) is 19.5 Å². The Hall–Kier alpha value is -3.03. The number of anilines is 1. The van der Waals surface area contributed by atoms with E-state index in [4.69, 9.17) is 4.52 Å². The molecule has 0 saturated heterocycles. The second kappa shape index (κ2) is 8.18. The third-order valence-electron chi connectivity index (χ3n) is 3.75. The SMILES string of the molecule is COC(=O)Nc1ccc(CNC(=O)N(C)Cc2c(C)noc2C)cc1. The first-order valence-corrected chi connectivity index (χ1v) is 7.75. The van der Waals surface area contributed by atoms with E-state index < -0.39 is 6.09 Å². The molecule has 1 aromatic heterocycles. The monoisotopic (exact) mass is 346 g/mol. The maximum absolute atomic E-state index is 12.2. The van der Waals surface area contributed by atoms with Crippen molar-refractivity contribution in [3.8, 4) is 0 Å². The van der Waals surface area contributed by atoms with Gasteiger partial charge in [0, 0.05) is 24.8 Å². The maximum atomic E-state index is 12.2. The van der Waals surface area contributed by atoms with Crippen LogP contribution in [0.2, 0.25) is 0 Å². The van der Waals surface area contributed by atoms with Crippen molar-refractivity contribution in [1.82, 2.24) is 15.4 Å². The Morgan fingerprint density at radius 1 is 1.24 bits per heavy atom. The van der Waals surface area contributed by atoms with Crippen LogP contribution in [0.15, 0.2) is 28.8 Å². The number of benzene rings is 1. The molecule has 8 nitrogen and oxygen atoms in total. The van der Waals surface area contributed by atoms with Crippen LogP contribution in [0.3, 0.4) is 0 Å². The molecule has 0 aliphatic carbocycles. The molecule has 0 fully saturated rings. The highest BCUT2D eigenvalue weighted by Crippen LogP contribution is 2.14. The minimum absolute atomic E-state index is 0.197. The Morgan fingerprint density at radius 3 is 2.48 bits per heavy atom. The van der Waals surface area contributed by atoms with Gasteiger partial charge in [0.05, 0.1) is 19.3 Å². The Labute approximate surface area is 146 Å². The molecule has 8 heteroatoms. The lowest BCUT2D eigenvalue weighted by Gasteiger charge is -2.18. The van der Waals surface area contributed by atoms with Gasteiger partial charge in [-0.05, 0) is 31.5 Å².